The van der Waals surface area contributed by atoms with Gasteiger partial charge in [0.1, 0.15) is 5.54 Å². The molecule has 1 aliphatic carbocycles. The first-order valence-electron chi connectivity index (χ1n) is 8.23. The molecule has 112 valence electrons. The normalized spacial score (nSPS) is 27.4. The first-order valence-corrected chi connectivity index (χ1v) is 8.23. The Morgan fingerprint density at radius 1 is 1.33 bits per heavy atom. The van der Waals surface area contributed by atoms with Gasteiger partial charge in [-0.3, -0.25) is 10.2 Å². The number of piperidine rings is 1. The Bertz CT molecular complexity index is 507. The van der Waals surface area contributed by atoms with E-state index in [1.54, 1.807) is 0 Å². The zero-order valence-corrected chi connectivity index (χ0v) is 12.9. The maximum absolute atomic E-state index is 9.95. The molecule has 1 saturated heterocycles. The number of nitrogens with zero attached hydrogens (tertiary/aromatic N) is 2. The standard InChI is InChI=1S/C18H25N3/c1-2-10-20-18(13-19,16-6-4-3-5-7-16)14-21-12-15-8-9-17(21)11-15/h3-7,15,17,20H,2,8-12,14H2,1H3. The van der Waals surface area contributed by atoms with Crippen molar-refractivity contribution in [3.63, 3.8) is 0 Å². The fourth-order valence-electron chi connectivity index (χ4n) is 3.97. The lowest BCUT2D eigenvalue weighted by Gasteiger charge is -2.36. The number of hydrogen-bond acceptors (Lipinski definition) is 3. The molecule has 2 fully saturated rings. The average Bonchev–Trinajstić information content (AvgIpc) is 3.15. The average molecular weight is 283 g/mol. The van der Waals surface area contributed by atoms with Gasteiger partial charge in [0.15, 0.2) is 0 Å². The van der Waals surface area contributed by atoms with Gasteiger partial charge >= 0.3 is 0 Å². The summed E-state index contributed by atoms with van der Waals surface area (Å²) < 4.78 is 0. The van der Waals surface area contributed by atoms with Crippen molar-refractivity contribution in [2.45, 2.75) is 44.2 Å². The lowest BCUT2D eigenvalue weighted by Crippen LogP contribution is -2.52. The second-order valence-electron chi connectivity index (χ2n) is 6.57. The van der Waals surface area contributed by atoms with Crippen LogP contribution in [0.1, 0.15) is 38.2 Å². The van der Waals surface area contributed by atoms with Crippen molar-refractivity contribution in [2.75, 3.05) is 19.6 Å². The highest BCUT2D eigenvalue weighted by Gasteiger charge is 2.43. The molecule has 0 radical (unpaired) electrons. The third-order valence-electron chi connectivity index (χ3n) is 5.10. The molecule has 1 aromatic carbocycles. The van der Waals surface area contributed by atoms with Gasteiger partial charge in [0.2, 0.25) is 0 Å². The Kier molecular flexibility index (Phi) is 4.28. The summed E-state index contributed by atoms with van der Waals surface area (Å²) in [5.41, 5.74) is 0.533. The molecule has 2 aliphatic rings. The SMILES string of the molecule is CCCNC(C#N)(CN1CC2CCC1C2)c1ccccc1. The number of benzene rings is 1. The van der Waals surface area contributed by atoms with E-state index in [1.165, 1.54) is 25.8 Å². The minimum absolute atomic E-state index is 0.568. The van der Waals surface area contributed by atoms with Gasteiger partial charge in [-0.1, -0.05) is 37.3 Å². The molecule has 0 aromatic heterocycles. The Balaban J connectivity index is 1.83. The molecule has 1 aromatic rings. The molecular formula is C18H25N3. The molecular weight excluding hydrogens is 258 g/mol. The number of likely N-dealkylation sites (tertiary alicyclic amines) is 1. The number of nitriles is 1. The van der Waals surface area contributed by atoms with Crippen LogP contribution in [0.2, 0.25) is 0 Å². The van der Waals surface area contributed by atoms with Crippen LogP contribution in [0.15, 0.2) is 30.3 Å². The van der Waals surface area contributed by atoms with Crippen molar-refractivity contribution in [1.82, 2.24) is 10.2 Å². The van der Waals surface area contributed by atoms with Gasteiger partial charge in [0.25, 0.3) is 0 Å². The van der Waals surface area contributed by atoms with E-state index in [0.29, 0.717) is 6.04 Å². The number of rotatable bonds is 6. The number of fused-ring (bicyclic) bond motifs is 2. The fourth-order valence-corrected chi connectivity index (χ4v) is 3.97. The minimum atomic E-state index is -0.568. The van der Waals surface area contributed by atoms with Crippen molar-refractivity contribution in [1.29, 1.82) is 5.26 Å². The van der Waals surface area contributed by atoms with Crippen molar-refractivity contribution in [3.05, 3.63) is 35.9 Å². The van der Waals surface area contributed by atoms with Crippen molar-refractivity contribution in [2.24, 2.45) is 5.92 Å². The largest absolute Gasteiger partial charge is 0.297 e. The van der Waals surface area contributed by atoms with Crippen LogP contribution in [0.3, 0.4) is 0 Å². The van der Waals surface area contributed by atoms with E-state index in [9.17, 15) is 5.26 Å². The molecule has 3 rings (SSSR count). The molecule has 0 amide bonds. The van der Waals surface area contributed by atoms with Gasteiger partial charge in [0, 0.05) is 19.1 Å². The van der Waals surface area contributed by atoms with Gasteiger partial charge in [-0.25, -0.2) is 0 Å². The van der Waals surface area contributed by atoms with Gasteiger partial charge in [-0.15, -0.1) is 0 Å². The Morgan fingerprint density at radius 3 is 2.71 bits per heavy atom. The van der Waals surface area contributed by atoms with Crippen molar-refractivity contribution < 1.29 is 0 Å². The molecule has 1 saturated carbocycles. The maximum Gasteiger partial charge on any atom is 0.145 e. The predicted octanol–water partition coefficient (Wildman–Crippen LogP) is 2.89. The number of hydrogen-bond donors (Lipinski definition) is 1. The van der Waals surface area contributed by atoms with Crippen molar-refractivity contribution in [3.8, 4) is 6.07 Å². The highest BCUT2D eigenvalue weighted by molar-refractivity contribution is 5.32. The smallest absolute Gasteiger partial charge is 0.145 e. The predicted molar refractivity (Wildman–Crippen MR) is 84.7 cm³/mol. The van der Waals surface area contributed by atoms with Crippen LogP contribution in [-0.2, 0) is 5.54 Å². The zero-order chi connectivity index (χ0) is 14.7. The van der Waals surface area contributed by atoms with E-state index in [0.717, 1.165) is 31.0 Å². The lowest BCUT2D eigenvalue weighted by atomic mass is 9.89. The second-order valence-corrected chi connectivity index (χ2v) is 6.57. The maximum atomic E-state index is 9.95. The Morgan fingerprint density at radius 2 is 2.14 bits per heavy atom. The molecule has 3 atom stereocenters. The summed E-state index contributed by atoms with van der Waals surface area (Å²) in [4.78, 5) is 2.55. The number of nitrogens with one attached hydrogen (secondary N) is 1. The molecule has 1 heterocycles. The van der Waals surface area contributed by atoms with Gasteiger partial charge in [-0.2, -0.15) is 5.26 Å². The van der Waals surface area contributed by atoms with E-state index in [1.807, 2.05) is 18.2 Å². The Hall–Kier alpha value is -1.37. The van der Waals surface area contributed by atoms with E-state index >= 15 is 0 Å². The first kappa shape index (κ1) is 14.6. The topological polar surface area (TPSA) is 39.1 Å². The summed E-state index contributed by atoms with van der Waals surface area (Å²) in [6.45, 7) is 5.02. The Labute approximate surface area is 128 Å². The van der Waals surface area contributed by atoms with Crippen LogP contribution >= 0.6 is 0 Å². The summed E-state index contributed by atoms with van der Waals surface area (Å²) in [6, 6.07) is 13.6. The molecule has 3 nitrogen and oxygen atoms in total. The van der Waals surface area contributed by atoms with Crippen LogP contribution in [-0.4, -0.2) is 30.6 Å². The minimum Gasteiger partial charge on any atom is -0.297 e. The lowest BCUT2D eigenvalue weighted by molar-refractivity contribution is 0.168. The fraction of sp³-hybridized carbons (Fsp3) is 0.611. The van der Waals surface area contributed by atoms with Crippen LogP contribution in [0, 0.1) is 17.2 Å². The summed E-state index contributed by atoms with van der Waals surface area (Å²) in [5, 5.41) is 13.5. The quantitative estimate of drug-likeness (QED) is 0.872. The summed E-state index contributed by atoms with van der Waals surface area (Å²) >= 11 is 0. The second kappa shape index (κ2) is 6.17. The molecule has 1 N–H and O–H groups in total. The molecule has 21 heavy (non-hydrogen) atoms. The van der Waals surface area contributed by atoms with Gasteiger partial charge < -0.3 is 0 Å². The third kappa shape index (κ3) is 2.84. The van der Waals surface area contributed by atoms with Crippen LogP contribution in [0.25, 0.3) is 0 Å². The highest BCUT2D eigenvalue weighted by Crippen LogP contribution is 2.39. The summed E-state index contributed by atoms with van der Waals surface area (Å²) in [6.07, 6.45) is 5.08. The monoisotopic (exact) mass is 283 g/mol. The molecule has 3 unspecified atom stereocenters. The van der Waals surface area contributed by atoms with Gasteiger partial charge in [-0.05, 0) is 43.7 Å². The van der Waals surface area contributed by atoms with E-state index in [-0.39, 0.29) is 0 Å². The van der Waals surface area contributed by atoms with E-state index < -0.39 is 5.54 Å². The van der Waals surface area contributed by atoms with E-state index in [2.05, 4.69) is 35.3 Å². The zero-order valence-electron chi connectivity index (χ0n) is 12.9. The summed E-state index contributed by atoms with van der Waals surface area (Å²) in [7, 11) is 0. The van der Waals surface area contributed by atoms with E-state index in [4.69, 9.17) is 0 Å². The van der Waals surface area contributed by atoms with Gasteiger partial charge in [0.05, 0.1) is 6.07 Å². The highest BCUT2D eigenvalue weighted by atomic mass is 15.2. The molecule has 1 aliphatic heterocycles. The third-order valence-corrected chi connectivity index (χ3v) is 5.10. The molecule has 0 spiro atoms. The van der Waals surface area contributed by atoms with Crippen LogP contribution in [0.4, 0.5) is 0 Å². The van der Waals surface area contributed by atoms with Crippen LogP contribution < -0.4 is 5.32 Å². The summed E-state index contributed by atoms with van der Waals surface area (Å²) in [5.74, 6) is 0.869. The molecule has 2 bridgehead atoms. The molecule has 3 heteroatoms. The first-order chi connectivity index (χ1) is 10.3. The van der Waals surface area contributed by atoms with Crippen molar-refractivity contribution >= 4 is 0 Å². The van der Waals surface area contributed by atoms with Crippen LogP contribution in [0.5, 0.6) is 0 Å².